The Morgan fingerprint density at radius 2 is 2.00 bits per heavy atom. The van der Waals surface area contributed by atoms with Gasteiger partial charge in [0.05, 0.1) is 0 Å². The fourth-order valence-corrected chi connectivity index (χ4v) is 2.24. The lowest BCUT2D eigenvalue weighted by molar-refractivity contribution is -0.137. The first-order valence-electron chi connectivity index (χ1n) is 6.74. The molecular weight excluding hydrogens is 292 g/mol. The van der Waals surface area contributed by atoms with Crippen LogP contribution in [0.3, 0.4) is 0 Å². The van der Waals surface area contributed by atoms with Gasteiger partial charge in [-0.1, -0.05) is 23.7 Å². The summed E-state index contributed by atoms with van der Waals surface area (Å²) in [6.07, 6.45) is 4.08. The molecule has 0 spiro atoms. The monoisotopic (exact) mass is 308 g/mol. The first kappa shape index (κ1) is 15.5. The number of carbonyl (C=O) groups is 1. The molecule has 2 N–H and O–H groups in total. The van der Waals surface area contributed by atoms with Crippen molar-refractivity contribution in [2.75, 3.05) is 0 Å². The smallest absolute Gasteiger partial charge is 0.303 e. The Labute approximate surface area is 127 Å². The number of nitrogens with zero attached hydrogens (tertiary/aromatic N) is 2. The number of aryl methyl sites for hydroxylation is 1. The summed E-state index contributed by atoms with van der Waals surface area (Å²) in [5, 5.41) is 19.6. The normalized spacial score (nSPS) is 12.3. The third-order valence-electron chi connectivity index (χ3n) is 3.22. The number of unbranched alkanes of at least 4 members (excludes halogenated alkanes) is 1. The molecule has 1 atom stereocenters. The maximum absolute atomic E-state index is 10.5. The number of carboxylic acid groups (broad SMARTS) is 1. The number of imidazole rings is 1. The standard InChI is InChI=1S/C15H17ClN2O3/c16-12-6-4-11(5-7-12)14(21)15-17-8-10-18(15)9-2-1-3-13(19)20/h4-8,10,14,21H,1-3,9H2,(H,19,20). The van der Waals surface area contributed by atoms with Gasteiger partial charge in [-0.2, -0.15) is 0 Å². The molecule has 0 aliphatic carbocycles. The van der Waals surface area contributed by atoms with Crippen LogP contribution in [0, 0.1) is 0 Å². The molecule has 1 aromatic heterocycles. The number of aliphatic hydroxyl groups is 1. The maximum Gasteiger partial charge on any atom is 0.303 e. The second kappa shape index (κ2) is 7.24. The van der Waals surface area contributed by atoms with Crippen molar-refractivity contribution in [1.29, 1.82) is 0 Å². The van der Waals surface area contributed by atoms with Crippen LogP contribution in [0.15, 0.2) is 36.7 Å². The zero-order valence-corrected chi connectivity index (χ0v) is 12.2. The summed E-state index contributed by atoms with van der Waals surface area (Å²) in [6, 6.07) is 6.97. The van der Waals surface area contributed by atoms with Gasteiger partial charge in [0.15, 0.2) is 0 Å². The number of rotatable bonds is 7. The van der Waals surface area contributed by atoms with Crippen LogP contribution in [0.4, 0.5) is 0 Å². The Hall–Kier alpha value is -1.85. The summed E-state index contributed by atoms with van der Waals surface area (Å²) in [5.41, 5.74) is 0.720. The number of aliphatic carboxylic acids is 1. The van der Waals surface area contributed by atoms with Crippen LogP contribution >= 0.6 is 11.6 Å². The molecule has 1 aromatic carbocycles. The van der Waals surface area contributed by atoms with Crippen molar-refractivity contribution in [2.45, 2.75) is 31.9 Å². The molecule has 2 rings (SSSR count). The molecule has 2 aromatic rings. The Morgan fingerprint density at radius 1 is 1.29 bits per heavy atom. The zero-order valence-electron chi connectivity index (χ0n) is 11.4. The van der Waals surface area contributed by atoms with Crippen LogP contribution < -0.4 is 0 Å². The molecule has 0 saturated carbocycles. The van der Waals surface area contributed by atoms with Gasteiger partial charge >= 0.3 is 5.97 Å². The van der Waals surface area contributed by atoms with Gasteiger partial charge < -0.3 is 14.8 Å². The van der Waals surface area contributed by atoms with Crippen LogP contribution in [0.25, 0.3) is 0 Å². The van der Waals surface area contributed by atoms with Crippen LogP contribution in [0.1, 0.15) is 36.8 Å². The minimum absolute atomic E-state index is 0.157. The molecule has 0 amide bonds. The van der Waals surface area contributed by atoms with Crippen molar-refractivity contribution in [3.05, 3.63) is 53.1 Å². The highest BCUT2D eigenvalue weighted by atomic mass is 35.5. The topological polar surface area (TPSA) is 75.3 Å². The first-order valence-corrected chi connectivity index (χ1v) is 7.12. The van der Waals surface area contributed by atoms with Crippen molar-refractivity contribution in [3.63, 3.8) is 0 Å². The molecule has 0 aliphatic heterocycles. The fraction of sp³-hybridized carbons (Fsp3) is 0.333. The van der Waals surface area contributed by atoms with E-state index >= 15 is 0 Å². The molecular formula is C15H17ClN2O3. The maximum atomic E-state index is 10.5. The minimum Gasteiger partial charge on any atom is -0.481 e. The Morgan fingerprint density at radius 3 is 2.67 bits per heavy atom. The Bertz CT molecular complexity index is 595. The quantitative estimate of drug-likeness (QED) is 0.771. The van der Waals surface area contributed by atoms with Gasteiger partial charge in [0.25, 0.3) is 0 Å². The Kier molecular flexibility index (Phi) is 5.36. The van der Waals surface area contributed by atoms with Gasteiger partial charge in [-0.25, -0.2) is 4.98 Å². The lowest BCUT2D eigenvalue weighted by atomic mass is 10.1. The summed E-state index contributed by atoms with van der Waals surface area (Å²) >= 11 is 5.83. The van der Waals surface area contributed by atoms with E-state index in [1.54, 1.807) is 36.7 Å². The predicted octanol–water partition coefficient (Wildman–Crippen LogP) is 2.87. The lowest BCUT2D eigenvalue weighted by Gasteiger charge is -2.13. The second-order valence-corrected chi connectivity index (χ2v) is 5.22. The predicted molar refractivity (Wildman–Crippen MR) is 79.2 cm³/mol. The lowest BCUT2D eigenvalue weighted by Crippen LogP contribution is -2.10. The van der Waals surface area contributed by atoms with E-state index in [4.69, 9.17) is 16.7 Å². The summed E-state index contributed by atoms with van der Waals surface area (Å²) in [4.78, 5) is 14.7. The third-order valence-corrected chi connectivity index (χ3v) is 3.47. The van der Waals surface area contributed by atoms with Crippen LogP contribution in [0.2, 0.25) is 5.02 Å². The molecule has 112 valence electrons. The average Bonchev–Trinajstić information content (AvgIpc) is 2.92. The van der Waals surface area contributed by atoms with E-state index in [9.17, 15) is 9.90 Å². The largest absolute Gasteiger partial charge is 0.481 e. The van der Waals surface area contributed by atoms with Gasteiger partial charge in [0, 0.05) is 30.4 Å². The molecule has 0 radical (unpaired) electrons. The van der Waals surface area contributed by atoms with Crippen LogP contribution in [-0.2, 0) is 11.3 Å². The molecule has 5 nitrogen and oxygen atoms in total. The molecule has 0 bridgehead atoms. The van der Waals surface area contributed by atoms with E-state index < -0.39 is 12.1 Å². The first-order chi connectivity index (χ1) is 10.1. The summed E-state index contributed by atoms with van der Waals surface area (Å²) in [7, 11) is 0. The molecule has 0 saturated heterocycles. The van der Waals surface area contributed by atoms with Gasteiger partial charge in [0.2, 0.25) is 0 Å². The molecule has 21 heavy (non-hydrogen) atoms. The van der Waals surface area contributed by atoms with E-state index in [2.05, 4.69) is 4.98 Å². The number of hydrogen-bond acceptors (Lipinski definition) is 3. The second-order valence-electron chi connectivity index (χ2n) is 4.78. The third kappa shape index (κ3) is 4.31. The molecule has 0 fully saturated rings. The Balaban J connectivity index is 2.01. The number of halogens is 1. The molecule has 1 heterocycles. The number of aliphatic hydroxyl groups excluding tert-OH is 1. The van der Waals surface area contributed by atoms with E-state index in [1.165, 1.54) is 0 Å². The van der Waals surface area contributed by atoms with Crippen molar-refractivity contribution in [2.24, 2.45) is 0 Å². The molecule has 6 heteroatoms. The van der Waals surface area contributed by atoms with E-state index in [1.807, 2.05) is 4.57 Å². The van der Waals surface area contributed by atoms with Crippen LogP contribution in [0.5, 0.6) is 0 Å². The van der Waals surface area contributed by atoms with Crippen molar-refractivity contribution < 1.29 is 15.0 Å². The van der Waals surface area contributed by atoms with Crippen molar-refractivity contribution in [3.8, 4) is 0 Å². The highest BCUT2D eigenvalue weighted by Gasteiger charge is 2.16. The number of benzene rings is 1. The number of hydrogen-bond donors (Lipinski definition) is 2. The van der Waals surface area contributed by atoms with E-state index in [-0.39, 0.29) is 6.42 Å². The number of carboxylic acids is 1. The van der Waals surface area contributed by atoms with Crippen LogP contribution in [-0.4, -0.2) is 25.7 Å². The SMILES string of the molecule is O=C(O)CCCCn1ccnc1C(O)c1ccc(Cl)cc1. The van der Waals surface area contributed by atoms with Gasteiger partial charge in [0.1, 0.15) is 11.9 Å². The van der Waals surface area contributed by atoms with Crippen molar-refractivity contribution >= 4 is 17.6 Å². The fourth-order valence-electron chi connectivity index (χ4n) is 2.11. The summed E-state index contributed by atoms with van der Waals surface area (Å²) in [5.74, 6) is -0.241. The van der Waals surface area contributed by atoms with Crippen molar-refractivity contribution in [1.82, 2.24) is 9.55 Å². The highest BCUT2D eigenvalue weighted by molar-refractivity contribution is 6.30. The van der Waals surface area contributed by atoms with E-state index in [0.29, 0.717) is 23.8 Å². The number of aromatic nitrogens is 2. The zero-order chi connectivity index (χ0) is 15.2. The van der Waals surface area contributed by atoms with Gasteiger partial charge in [-0.3, -0.25) is 4.79 Å². The highest BCUT2D eigenvalue weighted by Crippen LogP contribution is 2.22. The average molecular weight is 309 g/mol. The minimum atomic E-state index is -0.822. The van der Waals surface area contributed by atoms with Gasteiger partial charge in [-0.05, 0) is 30.5 Å². The van der Waals surface area contributed by atoms with E-state index in [0.717, 1.165) is 12.0 Å². The van der Waals surface area contributed by atoms with Gasteiger partial charge in [-0.15, -0.1) is 0 Å². The summed E-state index contributed by atoms with van der Waals surface area (Å²) < 4.78 is 1.85. The molecule has 1 unspecified atom stereocenters. The summed E-state index contributed by atoms with van der Waals surface area (Å²) in [6.45, 7) is 0.632. The molecule has 0 aliphatic rings.